The highest BCUT2D eigenvalue weighted by atomic mass is 16.6. The Bertz CT molecular complexity index is 1280. The Labute approximate surface area is 231 Å². The van der Waals surface area contributed by atoms with Gasteiger partial charge in [-0.05, 0) is 86.4 Å². The number of aryl methyl sites for hydroxylation is 1. The average Bonchev–Trinajstić information content (AvgIpc) is 3.24. The van der Waals surface area contributed by atoms with Crippen LogP contribution in [0.25, 0.3) is 11.1 Å². The first-order chi connectivity index (χ1) is 18.8. The number of hydrogen-bond acceptors (Lipinski definition) is 5. The van der Waals surface area contributed by atoms with Crippen LogP contribution >= 0.6 is 0 Å². The van der Waals surface area contributed by atoms with E-state index in [1.165, 1.54) is 22.3 Å². The minimum absolute atomic E-state index is 0.0452. The van der Waals surface area contributed by atoms with Crippen molar-refractivity contribution < 1.29 is 19.1 Å². The van der Waals surface area contributed by atoms with Gasteiger partial charge in [0.1, 0.15) is 18.2 Å². The van der Waals surface area contributed by atoms with Crippen LogP contribution in [0.1, 0.15) is 74.2 Å². The number of rotatable bonds is 8. The lowest BCUT2D eigenvalue weighted by Gasteiger charge is -2.28. The fraction of sp³-hybridized carbons (Fsp3) is 0.394. The zero-order valence-electron chi connectivity index (χ0n) is 23.0. The molecule has 2 aliphatic carbocycles. The molecule has 6 nitrogen and oxygen atoms in total. The van der Waals surface area contributed by atoms with Crippen molar-refractivity contribution in [3.63, 3.8) is 0 Å². The maximum Gasteiger partial charge on any atom is 0.407 e. The number of amides is 1. The number of hydrogen-bond donors (Lipinski definition) is 2. The van der Waals surface area contributed by atoms with E-state index in [2.05, 4.69) is 59.2 Å². The van der Waals surface area contributed by atoms with Gasteiger partial charge in [0.25, 0.3) is 0 Å². The van der Waals surface area contributed by atoms with E-state index < -0.39 is 23.7 Å². The smallest absolute Gasteiger partial charge is 0.407 e. The van der Waals surface area contributed by atoms with E-state index in [1.807, 2.05) is 45.0 Å². The molecule has 0 heterocycles. The molecule has 0 bridgehead atoms. The molecule has 0 spiro atoms. The minimum atomic E-state index is -0.814. The van der Waals surface area contributed by atoms with Gasteiger partial charge in [0.05, 0.1) is 0 Å². The van der Waals surface area contributed by atoms with Crippen LogP contribution in [0.3, 0.4) is 0 Å². The summed E-state index contributed by atoms with van der Waals surface area (Å²) in [5.41, 5.74) is 6.67. The lowest BCUT2D eigenvalue weighted by molar-refractivity contribution is -0.157. The normalized spacial score (nSPS) is 16.9. The topological polar surface area (TPSA) is 76.7 Å². The SMILES string of the molecule is CC(C)(C)OC(=O)[C@H](CCNC1CCCc2ccccc21)NC(=O)OCC1c2ccccc2-c2ccccc21. The number of nitrogens with one attached hydrogen (secondary N) is 2. The second kappa shape index (κ2) is 11.6. The Hall–Kier alpha value is -3.64. The standard InChI is InChI=1S/C33H38N2O4/c1-33(2,3)39-31(36)30(19-20-34-29-18-10-12-22-11-4-5-13-23(22)29)35-32(37)38-21-28-26-16-8-6-14-24(26)25-15-7-9-17-27(25)28/h4-9,11,13-17,28-30,34H,10,12,18-21H2,1-3H3,(H,35,37)/t29?,30-/m0/s1. The molecule has 39 heavy (non-hydrogen) atoms. The number of benzene rings is 3. The maximum absolute atomic E-state index is 13.0. The Balaban J connectivity index is 1.22. The van der Waals surface area contributed by atoms with Gasteiger partial charge in [-0.25, -0.2) is 9.59 Å². The number of carbonyl (C=O) groups is 2. The number of ether oxygens (including phenoxy) is 2. The lowest BCUT2D eigenvalue weighted by atomic mass is 9.87. The molecule has 5 rings (SSSR count). The first-order valence-electron chi connectivity index (χ1n) is 14.0. The Kier molecular flexibility index (Phi) is 8.03. The Morgan fingerprint density at radius 3 is 2.18 bits per heavy atom. The van der Waals surface area contributed by atoms with Crippen molar-refractivity contribution in [1.82, 2.24) is 10.6 Å². The molecule has 0 radical (unpaired) electrons. The molecule has 0 aromatic heterocycles. The van der Waals surface area contributed by atoms with E-state index in [1.54, 1.807) is 0 Å². The van der Waals surface area contributed by atoms with E-state index in [0.29, 0.717) is 13.0 Å². The zero-order valence-corrected chi connectivity index (χ0v) is 23.0. The molecule has 0 fully saturated rings. The summed E-state index contributed by atoms with van der Waals surface area (Å²) < 4.78 is 11.3. The summed E-state index contributed by atoms with van der Waals surface area (Å²) in [6.45, 7) is 6.23. The molecule has 1 unspecified atom stereocenters. The van der Waals surface area contributed by atoms with Gasteiger partial charge in [-0.1, -0.05) is 72.8 Å². The Morgan fingerprint density at radius 1 is 0.897 bits per heavy atom. The quantitative estimate of drug-likeness (QED) is 0.337. The largest absolute Gasteiger partial charge is 0.458 e. The molecule has 6 heteroatoms. The second-order valence-electron chi connectivity index (χ2n) is 11.4. The summed E-state index contributed by atoms with van der Waals surface area (Å²) in [6.07, 6.45) is 3.06. The summed E-state index contributed by atoms with van der Waals surface area (Å²) in [7, 11) is 0. The van der Waals surface area contributed by atoms with Crippen molar-refractivity contribution in [2.75, 3.05) is 13.2 Å². The van der Waals surface area contributed by atoms with Crippen LogP contribution in [-0.4, -0.2) is 36.9 Å². The maximum atomic E-state index is 13.0. The van der Waals surface area contributed by atoms with Crippen molar-refractivity contribution in [3.05, 3.63) is 95.1 Å². The van der Waals surface area contributed by atoms with Crippen LogP contribution in [0.15, 0.2) is 72.8 Å². The van der Waals surface area contributed by atoms with E-state index >= 15 is 0 Å². The van der Waals surface area contributed by atoms with Gasteiger partial charge in [0.2, 0.25) is 0 Å². The van der Waals surface area contributed by atoms with Crippen LogP contribution in [0.2, 0.25) is 0 Å². The van der Waals surface area contributed by atoms with Crippen LogP contribution in [0, 0.1) is 0 Å². The third-order valence-electron chi connectivity index (χ3n) is 7.52. The monoisotopic (exact) mass is 526 g/mol. The predicted octanol–water partition coefficient (Wildman–Crippen LogP) is 6.29. The van der Waals surface area contributed by atoms with Gasteiger partial charge >= 0.3 is 12.1 Å². The number of esters is 1. The molecule has 0 aliphatic heterocycles. The van der Waals surface area contributed by atoms with Crippen molar-refractivity contribution in [2.24, 2.45) is 0 Å². The fourth-order valence-corrected chi connectivity index (χ4v) is 5.77. The first-order valence-corrected chi connectivity index (χ1v) is 14.0. The molecule has 0 saturated carbocycles. The van der Waals surface area contributed by atoms with Crippen molar-refractivity contribution in [3.8, 4) is 11.1 Å². The first kappa shape index (κ1) is 26.9. The van der Waals surface area contributed by atoms with Crippen LogP contribution in [-0.2, 0) is 20.7 Å². The van der Waals surface area contributed by atoms with Crippen LogP contribution in [0.4, 0.5) is 4.79 Å². The minimum Gasteiger partial charge on any atom is -0.458 e. The number of carbonyl (C=O) groups excluding carboxylic acids is 2. The molecule has 204 valence electrons. The number of alkyl carbamates (subject to hydrolysis) is 1. The summed E-state index contributed by atoms with van der Waals surface area (Å²) >= 11 is 0. The highest BCUT2D eigenvalue weighted by molar-refractivity contribution is 5.82. The average molecular weight is 527 g/mol. The van der Waals surface area contributed by atoms with E-state index in [4.69, 9.17) is 9.47 Å². The molecule has 2 N–H and O–H groups in total. The molecule has 3 aromatic carbocycles. The van der Waals surface area contributed by atoms with Crippen molar-refractivity contribution in [2.45, 2.75) is 70.1 Å². The molecular formula is C33H38N2O4. The molecule has 1 amide bonds. The molecular weight excluding hydrogens is 488 g/mol. The van der Waals surface area contributed by atoms with Gasteiger partial charge in [0.15, 0.2) is 0 Å². The van der Waals surface area contributed by atoms with E-state index in [0.717, 1.165) is 30.4 Å². The lowest BCUT2D eigenvalue weighted by Crippen LogP contribution is -2.46. The molecule has 0 saturated heterocycles. The van der Waals surface area contributed by atoms with E-state index in [-0.39, 0.29) is 18.6 Å². The van der Waals surface area contributed by atoms with Crippen LogP contribution in [0.5, 0.6) is 0 Å². The highest BCUT2D eigenvalue weighted by Gasteiger charge is 2.31. The van der Waals surface area contributed by atoms with Crippen LogP contribution < -0.4 is 10.6 Å². The van der Waals surface area contributed by atoms with Crippen molar-refractivity contribution >= 4 is 12.1 Å². The molecule has 2 aliphatic rings. The predicted molar refractivity (Wildman–Crippen MR) is 153 cm³/mol. The molecule has 3 aromatic rings. The Morgan fingerprint density at radius 2 is 1.51 bits per heavy atom. The summed E-state index contributed by atoms with van der Waals surface area (Å²) in [4.78, 5) is 26.0. The molecule has 2 atom stereocenters. The zero-order chi connectivity index (χ0) is 27.4. The van der Waals surface area contributed by atoms with Crippen molar-refractivity contribution in [1.29, 1.82) is 0 Å². The van der Waals surface area contributed by atoms with Gasteiger partial charge in [0, 0.05) is 12.0 Å². The van der Waals surface area contributed by atoms with E-state index in [9.17, 15) is 9.59 Å². The van der Waals surface area contributed by atoms with Gasteiger partial charge < -0.3 is 20.1 Å². The third kappa shape index (κ3) is 6.34. The summed E-state index contributed by atoms with van der Waals surface area (Å²) in [5.74, 6) is -0.502. The number of fused-ring (bicyclic) bond motifs is 4. The van der Waals surface area contributed by atoms with Gasteiger partial charge in [-0.3, -0.25) is 0 Å². The van der Waals surface area contributed by atoms with Gasteiger partial charge in [-0.15, -0.1) is 0 Å². The summed E-state index contributed by atoms with van der Waals surface area (Å²) in [6, 6.07) is 24.4. The fourth-order valence-electron chi connectivity index (χ4n) is 5.77. The highest BCUT2D eigenvalue weighted by Crippen LogP contribution is 2.44. The third-order valence-corrected chi connectivity index (χ3v) is 7.52. The van der Waals surface area contributed by atoms with Gasteiger partial charge in [-0.2, -0.15) is 0 Å². The second-order valence-corrected chi connectivity index (χ2v) is 11.4. The summed E-state index contributed by atoms with van der Waals surface area (Å²) in [5, 5.41) is 6.39.